The quantitative estimate of drug-likeness (QED) is 0.0189. The van der Waals surface area contributed by atoms with Crippen molar-refractivity contribution in [2.45, 2.75) is 121 Å². The molecule has 0 unspecified atom stereocenters. The average molecular weight is 1350 g/mol. The van der Waals surface area contributed by atoms with Gasteiger partial charge in [0.25, 0.3) is 5.56 Å². The molecule has 3 atom stereocenters. The summed E-state index contributed by atoms with van der Waals surface area (Å²) < 4.78 is 85.3. The van der Waals surface area contributed by atoms with E-state index >= 15 is 0 Å². The highest BCUT2D eigenvalue weighted by Crippen LogP contribution is 2.43. The fraction of sp³-hybridized carbons (Fsp3) is 0.621. The third-order valence-corrected chi connectivity index (χ3v) is 17.0. The number of nitrogens with zero attached hydrogens (tertiary/aromatic N) is 5. The predicted octanol–water partition coefficient (Wildman–Crippen LogP) is 2.96. The first kappa shape index (κ1) is 75.3. The van der Waals surface area contributed by atoms with E-state index in [9.17, 15) is 42.3 Å². The lowest BCUT2D eigenvalue weighted by molar-refractivity contribution is -0.172. The summed E-state index contributed by atoms with van der Waals surface area (Å²) in [6.45, 7) is 14.3. The number of benzene rings is 1. The van der Waals surface area contributed by atoms with Crippen LogP contribution in [0.15, 0.2) is 34.3 Å². The van der Waals surface area contributed by atoms with E-state index in [1.807, 2.05) is 0 Å². The number of amides is 4. The summed E-state index contributed by atoms with van der Waals surface area (Å²) in [4.78, 5) is 96.2. The number of unbranched alkanes of at least 4 members (excludes halogenated alkanes) is 1. The predicted molar refractivity (Wildman–Crippen MR) is 346 cm³/mol. The van der Waals surface area contributed by atoms with Crippen molar-refractivity contribution >= 4 is 56.0 Å². The molecule has 95 heavy (non-hydrogen) atoms. The zero-order valence-electron chi connectivity index (χ0n) is 55.6. The molecule has 4 N–H and O–H groups in total. The number of methoxy groups -OCH3 is 2. The van der Waals surface area contributed by atoms with Crippen molar-refractivity contribution in [2.75, 3.05) is 151 Å². The maximum Gasteiger partial charge on any atom is 0.343 e. The van der Waals surface area contributed by atoms with E-state index in [0.29, 0.717) is 147 Å². The Hall–Kier alpha value is -7.08. The van der Waals surface area contributed by atoms with Gasteiger partial charge in [0.05, 0.1) is 155 Å². The van der Waals surface area contributed by atoms with Crippen molar-refractivity contribution in [3.63, 3.8) is 0 Å². The van der Waals surface area contributed by atoms with E-state index in [2.05, 4.69) is 37.8 Å². The largest absolute Gasteiger partial charge is 0.480 e. The van der Waals surface area contributed by atoms with E-state index in [0.717, 1.165) is 34.8 Å². The lowest BCUT2D eigenvalue weighted by Crippen LogP contribution is -2.53. The van der Waals surface area contributed by atoms with E-state index < -0.39 is 51.2 Å². The summed E-state index contributed by atoms with van der Waals surface area (Å²) in [5.41, 5.74) is 3.55. The smallest absolute Gasteiger partial charge is 0.343 e. The molecule has 0 saturated heterocycles. The lowest BCUT2D eigenvalue weighted by Gasteiger charge is -2.31. The van der Waals surface area contributed by atoms with Crippen molar-refractivity contribution < 1.29 is 89.6 Å². The third-order valence-electron chi connectivity index (χ3n) is 16.1. The normalized spacial score (nSPS) is 15.3. The Bertz CT molecular complexity index is 3500. The molecule has 0 saturated carbocycles. The number of aromatic nitrogens is 4. The van der Waals surface area contributed by atoms with Gasteiger partial charge >= 0.3 is 5.97 Å². The molecule has 7 rings (SSSR count). The Morgan fingerprint density at radius 3 is 1.93 bits per heavy atom. The first-order chi connectivity index (χ1) is 45.8. The Morgan fingerprint density at radius 1 is 0.747 bits per heavy atom. The Labute approximate surface area is 554 Å². The molecular formula is C66H92N8O20S. The van der Waals surface area contributed by atoms with Crippen molar-refractivity contribution in [2.24, 2.45) is 5.92 Å². The molecule has 0 fully saturated rings. The summed E-state index contributed by atoms with van der Waals surface area (Å²) in [7, 11) is -0.705. The van der Waals surface area contributed by atoms with Crippen molar-refractivity contribution in [3.05, 3.63) is 68.1 Å². The maximum atomic E-state index is 13.9. The number of pyridine rings is 2. The van der Waals surface area contributed by atoms with Crippen molar-refractivity contribution in [3.8, 4) is 29.1 Å². The van der Waals surface area contributed by atoms with Crippen LogP contribution in [0.4, 0.5) is 5.69 Å². The maximum absolute atomic E-state index is 13.9. The number of aryl methyl sites for hydroxylation is 2. The number of carbonyl (C=O) groups excluding carboxylic acids is 5. The number of carbonyl (C=O) groups is 5. The van der Waals surface area contributed by atoms with Crippen LogP contribution in [0.2, 0.25) is 0 Å². The SMILES string of the molecule is CC[C@@]1(O)C(=O)OCc2c1cc1n(c2=O)Cc2c-1nc1ccc(NC(=O)[C@H](C)NC(=O)[C@@H](NC(=O)CCCN(CCOCCOCCOCCOCCOCCOCCOCCOCCOC)C(=O)CCCC#Cc3cnc(S(C)(=O)=O)nc3OC)C(C)C)c3c1c2CCC3. The molecule has 3 aromatic heterocycles. The van der Waals surface area contributed by atoms with Crippen molar-refractivity contribution in [1.82, 2.24) is 35.1 Å². The van der Waals surface area contributed by atoms with Gasteiger partial charge in [0, 0.05) is 67.9 Å². The van der Waals surface area contributed by atoms with Crippen LogP contribution in [-0.4, -0.2) is 226 Å². The molecule has 2 aliphatic heterocycles. The number of hydrogen-bond donors (Lipinski definition) is 4. The van der Waals surface area contributed by atoms with Crippen LogP contribution >= 0.6 is 0 Å². The van der Waals surface area contributed by atoms with Crippen LogP contribution < -0.4 is 26.2 Å². The molecule has 1 aliphatic carbocycles. The van der Waals surface area contributed by atoms with Crippen LogP contribution in [0.25, 0.3) is 22.3 Å². The molecule has 522 valence electrons. The van der Waals surface area contributed by atoms with E-state index in [-0.39, 0.29) is 110 Å². The molecular weight excluding hydrogens is 1260 g/mol. The number of cyclic esters (lactones) is 1. The first-order valence-electron chi connectivity index (χ1n) is 32.3. The number of anilines is 1. The van der Waals surface area contributed by atoms with E-state index in [1.165, 1.54) is 13.3 Å². The molecule has 0 bridgehead atoms. The van der Waals surface area contributed by atoms with Crippen molar-refractivity contribution in [1.29, 1.82) is 0 Å². The number of sulfone groups is 1. The minimum atomic E-state index is -3.67. The topological polar surface area (TPSA) is 341 Å². The van der Waals surface area contributed by atoms with Crippen LogP contribution in [0.1, 0.15) is 106 Å². The minimum Gasteiger partial charge on any atom is -0.480 e. The number of esters is 1. The van der Waals surface area contributed by atoms with Gasteiger partial charge in [-0.2, -0.15) is 4.98 Å². The molecule has 5 heterocycles. The molecule has 0 radical (unpaired) electrons. The van der Waals surface area contributed by atoms with Gasteiger partial charge < -0.3 is 82.6 Å². The van der Waals surface area contributed by atoms with E-state index in [1.54, 1.807) is 62.5 Å². The highest BCUT2D eigenvalue weighted by atomic mass is 32.2. The minimum absolute atomic E-state index is 0.00782. The highest BCUT2D eigenvalue weighted by Gasteiger charge is 2.46. The molecule has 0 spiro atoms. The second kappa shape index (κ2) is 38.0. The van der Waals surface area contributed by atoms with Gasteiger partial charge in [-0.25, -0.2) is 23.2 Å². The highest BCUT2D eigenvalue weighted by molar-refractivity contribution is 7.90. The number of nitrogens with one attached hydrogen (secondary N) is 3. The molecule has 3 aliphatic rings. The zero-order chi connectivity index (χ0) is 68.3. The first-order valence-corrected chi connectivity index (χ1v) is 34.2. The molecule has 1 aromatic carbocycles. The average Bonchev–Trinajstić information content (AvgIpc) is 1.61. The van der Waals surface area contributed by atoms with Gasteiger partial charge in [0.15, 0.2) is 5.60 Å². The molecule has 28 nitrogen and oxygen atoms in total. The standard InChI is InChI=1S/C66H92N8O20S/c1-8-66(81)51-40-54-59-49(42-74(54)63(79)50(51)43-94-64(66)80)47-15-12-16-48-52(19-20-53(69-59)57(47)48)70-60(77)45(4)68-61(78)58(44(2)3)71-55(75)17-13-21-73(56(76)18-11-9-10-14-46-41-67-65(95(7,82)83)72-62(46)85-6)22-23-86-26-27-88-30-31-90-34-35-92-38-39-93-37-36-91-33-32-89-29-28-87-25-24-84-5/h19-20,40-41,44-45,58,81H,8-9,11-13,15-18,21-39,42-43H2,1-7H3,(H,68,78)(H,70,77)(H,71,75)/t45-,58-,66-/m0/s1. The Morgan fingerprint density at radius 2 is 1.35 bits per heavy atom. The zero-order valence-corrected chi connectivity index (χ0v) is 56.4. The fourth-order valence-electron chi connectivity index (χ4n) is 11.0. The Kier molecular flexibility index (Phi) is 30.1. The van der Waals surface area contributed by atoms with Crippen LogP contribution in [-0.2, 0) is 113 Å². The number of rotatable bonds is 43. The molecule has 4 amide bonds. The Balaban J connectivity index is 0.839. The summed E-state index contributed by atoms with van der Waals surface area (Å²) in [5.74, 6) is 3.06. The molecule has 4 aromatic rings. The third kappa shape index (κ3) is 21.5. The van der Waals surface area contributed by atoms with Gasteiger partial charge in [-0.05, 0) is 80.7 Å². The van der Waals surface area contributed by atoms with Crippen LogP contribution in [0.5, 0.6) is 5.88 Å². The number of aliphatic hydroxyl groups is 1. The monoisotopic (exact) mass is 1350 g/mol. The van der Waals surface area contributed by atoms with Gasteiger partial charge in [0.1, 0.15) is 24.3 Å². The summed E-state index contributed by atoms with van der Waals surface area (Å²) in [6, 6.07) is 3.26. The van der Waals surface area contributed by atoms with Gasteiger partial charge in [0.2, 0.25) is 44.5 Å². The lowest BCUT2D eigenvalue weighted by atomic mass is 9.85. The van der Waals surface area contributed by atoms with Gasteiger partial charge in [-0.1, -0.05) is 32.6 Å². The number of ether oxygens (including phenoxy) is 11. The van der Waals surface area contributed by atoms with Gasteiger partial charge in [-0.15, -0.1) is 0 Å². The summed E-state index contributed by atoms with van der Waals surface area (Å²) >= 11 is 0. The fourth-order valence-corrected chi connectivity index (χ4v) is 11.5. The molecule has 29 heteroatoms. The van der Waals surface area contributed by atoms with Crippen LogP contribution in [0.3, 0.4) is 0 Å². The second-order valence-electron chi connectivity index (χ2n) is 23.2. The number of fused-ring (bicyclic) bond motifs is 5. The summed E-state index contributed by atoms with van der Waals surface area (Å²) in [5, 5.41) is 20.5. The van der Waals surface area contributed by atoms with E-state index in [4.69, 9.17) is 57.1 Å². The van der Waals surface area contributed by atoms with Crippen LogP contribution in [0, 0.1) is 17.8 Å². The van der Waals surface area contributed by atoms with Gasteiger partial charge in [-0.3, -0.25) is 24.0 Å². The second-order valence-corrected chi connectivity index (χ2v) is 25.2. The summed E-state index contributed by atoms with van der Waals surface area (Å²) in [6.07, 6.45) is 5.44. The number of hydrogen-bond acceptors (Lipinski definition) is 23.